The Bertz CT molecular complexity index is 290. The summed E-state index contributed by atoms with van der Waals surface area (Å²) in [7, 11) is 0. The molecule has 1 aromatic heterocycles. The first kappa shape index (κ1) is 9.87. The van der Waals surface area contributed by atoms with Crippen molar-refractivity contribution in [2.75, 3.05) is 12.4 Å². The maximum absolute atomic E-state index is 10.2. The van der Waals surface area contributed by atoms with Gasteiger partial charge in [0.1, 0.15) is 12.4 Å². The van der Waals surface area contributed by atoms with Crippen molar-refractivity contribution in [3.63, 3.8) is 0 Å². The smallest absolute Gasteiger partial charge is 0.305 e. The highest BCUT2D eigenvalue weighted by molar-refractivity contribution is 7.99. The zero-order valence-corrected chi connectivity index (χ0v) is 7.40. The van der Waals surface area contributed by atoms with E-state index in [1.165, 1.54) is 11.8 Å². The van der Waals surface area contributed by atoms with Crippen molar-refractivity contribution in [3.05, 3.63) is 22.5 Å². The molecule has 1 rings (SSSR count). The van der Waals surface area contributed by atoms with Gasteiger partial charge in [-0.1, -0.05) is 11.8 Å². The number of aliphatic hydroxyl groups excluding tert-OH is 1. The monoisotopic (exact) mass is 201 g/mol. The molecule has 0 atom stereocenters. The molecule has 0 aliphatic rings. The zero-order valence-electron chi connectivity index (χ0n) is 6.58. The number of aromatic nitrogens is 2. The lowest BCUT2D eigenvalue weighted by Gasteiger charge is -1.95. The molecule has 0 saturated heterocycles. The Balaban J connectivity index is 2.64. The highest BCUT2D eigenvalue weighted by atomic mass is 32.2. The van der Waals surface area contributed by atoms with Crippen LogP contribution in [0.15, 0.2) is 17.6 Å². The van der Waals surface area contributed by atoms with Crippen LogP contribution >= 0.6 is 11.8 Å². The standard InChI is InChI=1S/C6H7N3O3S/c10-1-2-13-6-7-3-5(4-8-6)9(11)12/h3-4,10H,1-2H2. The lowest BCUT2D eigenvalue weighted by Crippen LogP contribution is -1.94. The van der Waals surface area contributed by atoms with Gasteiger partial charge in [0, 0.05) is 5.75 Å². The first-order chi connectivity index (χ1) is 6.24. The van der Waals surface area contributed by atoms with Crippen molar-refractivity contribution in [2.45, 2.75) is 5.16 Å². The van der Waals surface area contributed by atoms with E-state index >= 15 is 0 Å². The molecule has 0 amide bonds. The molecule has 6 nitrogen and oxygen atoms in total. The predicted octanol–water partition coefficient (Wildman–Crippen LogP) is 0.469. The summed E-state index contributed by atoms with van der Waals surface area (Å²) in [4.78, 5) is 17.1. The third-order valence-corrected chi connectivity index (χ3v) is 2.00. The molecule has 7 heteroatoms. The number of nitrogens with zero attached hydrogens (tertiary/aromatic N) is 3. The SMILES string of the molecule is O=[N+]([O-])c1cnc(SCCO)nc1. The molecular formula is C6H7N3O3S. The third-order valence-electron chi connectivity index (χ3n) is 1.15. The van der Waals surface area contributed by atoms with E-state index in [1.54, 1.807) is 0 Å². The molecule has 13 heavy (non-hydrogen) atoms. The fourth-order valence-electron chi connectivity index (χ4n) is 0.615. The van der Waals surface area contributed by atoms with Gasteiger partial charge in [0.2, 0.25) is 0 Å². The molecule has 1 N–H and O–H groups in total. The number of rotatable bonds is 4. The second-order valence-electron chi connectivity index (χ2n) is 2.05. The summed E-state index contributed by atoms with van der Waals surface area (Å²) in [6, 6.07) is 0. The minimum Gasteiger partial charge on any atom is -0.396 e. The zero-order chi connectivity index (χ0) is 9.68. The largest absolute Gasteiger partial charge is 0.396 e. The average Bonchev–Trinajstić information content (AvgIpc) is 2.15. The Kier molecular flexibility index (Phi) is 3.59. The molecule has 0 aliphatic carbocycles. The summed E-state index contributed by atoms with van der Waals surface area (Å²) >= 11 is 1.25. The molecule has 1 aromatic rings. The van der Waals surface area contributed by atoms with Gasteiger partial charge in [0.15, 0.2) is 5.16 Å². The summed E-state index contributed by atoms with van der Waals surface area (Å²) in [5.74, 6) is 0.484. The number of hydrogen-bond acceptors (Lipinski definition) is 6. The van der Waals surface area contributed by atoms with E-state index < -0.39 is 4.92 Å². The summed E-state index contributed by atoms with van der Waals surface area (Å²) < 4.78 is 0. The van der Waals surface area contributed by atoms with Gasteiger partial charge in [-0.25, -0.2) is 9.97 Å². The fourth-order valence-corrected chi connectivity index (χ4v) is 1.14. The van der Waals surface area contributed by atoms with Gasteiger partial charge >= 0.3 is 5.69 Å². The predicted molar refractivity (Wildman–Crippen MR) is 46.5 cm³/mol. The number of nitro groups is 1. The number of hydrogen-bond donors (Lipinski definition) is 1. The summed E-state index contributed by atoms with van der Waals surface area (Å²) in [5, 5.41) is 19.1. The molecule has 70 valence electrons. The molecule has 1 heterocycles. The molecule has 0 fully saturated rings. The van der Waals surface area contributed by atoms with Crippen LogP contribution in [0.2, 0.25) is 0 Å². The second-order valence-corrected chi connectivity index (χ2v) is 3.12. The van der Waals surface area contributed by atoms with Crippen molar-refractivity contribution >= 4 is 17.4 Å². The van der Waals surface area contributed by atoms with E-state index in [0.29, 0.717) is 10.9 Å². The van der Waals surface area contributed by atoms with Crippen LogP contribution in [0, 0.1) is 10.1 Å². The van der Waals surface area contributed by atoms with Crippen molar-refractivity contribution in [1.82, 2.24) is 9.97 Å². The first-order valence-corrected chi connectivity index (χ1v) is 4.42. The van der Waals surface area contributed by atoms with Crippen molar-refractivity contribution in [3.8, 4) is 0 Å². The van der Waals surface area contributed by atoms with Gasteiger partial charge in [0.05, 0.1) is 11.5 Å². The summed E-state index contributed by atoms with van der Waals surface area (Å²) in [5.41, 5.74) is -0.131. The van der Waals surface area contributed by atoms with Gasteiger partial charge in [-0.05, 0) is 0 Å². The highest BCUT2D eigenvalue weighted by Gasteiger charge is 2.06. The Labute approximate surface area is 78.2 Å². The maximum Gasteiger partial charge on any atom is 0.305 e. The topological polar surface area (TPSA) is 89.2 Å². The Morgan fingerprint density at radius 3 is 2.62 bits per heavy atom. The molecular weight excluding hydrogens is 194 g/mol. The van der Waals surface area contributed by atoms with E-state index in [0.717, 1.165) is 12.4 Å². The quantitative estimate of drug-likeness (QED) is 0.329. The van der Waals surface area contributed by atoms with E-state index in [2.05, 4.69) is 9.97 Å². The minimum atomic E-state index is -0.555. The molecule has 0 spiro atoms. The highest BCUT2D eigenvalue weighted by Crippen LogP contribution is 2.13. The van der Waals surface area contributed by atoms with E-state index in [-0.39, 0.29) is 12.3 Å². The first-order valence-electron chi connectivity index (χ1n) is 3.44. The van der Waals surface area contributed by atoms with Crippen LogP contribution in [0.3, 0.4) is 0 Å². The molecule has 0 radical (unpaired) electrons. The van der Waals surface area contributed by atoms with Crippen molar-refractivity contribution in [2.24, 2.45) is 0 Å². The van der Waals surface area contributed by atoms with Crippen LogP contribution in [-0.4, -0.2) is 32.4 Å². The fraction of sp³-hybridized carbons (Fsp3) is 0.333. The lowest BCUT2D eigenvalue weighted by molar-refractivity contribution is -0.385. The number of thioether (sulfide) groups is 1. The molecule has 0 saturated carbocycles. The molecule has 0 aromatic carbocycles. The van der Waals surface area contributed by atoms with Crippen LogP contribution in [0.1, 0.15) is 0 Å². The van der Waals surface area contributed by atoms with Crippen molar-refractivity contribution < 1.29 is 10.0 Å². The van der Waals surface area contributed by atoms with Gasteiger partial charge in [0.25, 0.3) is 0 Å². The van der Waals surface area contributed by atoms with Crippen LogP contribution < -0.4 is 0 Å². The maximum atomic E-state index is 10.2. The van der Waals surface area contributed by atoms with Crippen molar-refractivity contribution in [1.29, 1.82) is 0 Å². The van der Waals surface area contributed by atoms with Crippen LogP contribution in [0.4, 0.5) is 5.69 Å². The Hall–Kier alpha value is -1.21. The van der Waals surface area contributed by atoms with Crippen LogP contribution in [0.5, 0.6) is 0 Å². The van der Waals surface area contributed by atoms with E-state index in [4.69, 9.17) is 5.11 Å². The normalized spacial score (nSPS) is 9.92. The minimum absolute atomic E-state index is 0.0328. The van der Waals surface area contributed by atoms with E-state index in [9.17, 15) is 10.1 Å². The molecule has 0 unspecified atom stereocenters. The number of aliphatic hydroxyl groups is 1. The van der Waals surface area contributed by atoms with Crippen LogP contribution in [0.25, 0.3) is 0 Å². The molecule has 0 aliphatic heterocycles. The third kappa shape index (κ3) is 2.96. The van der Waals surface area contributed by atoms with Gasteiger partial charge < -0.3 is 5.11 Å². The van der Waals surface area contributed by atoms with Gasteiger partial charge in [-0.2, -0.15) is 0 Å². The van der Waals surface area contributed by atoms with Gasteiger partial charge in [-0.15, -0.1) is 0 Å². The van der Waals surface area contributed by atoms with Gasteiger partial charge in [-0.3, -0.25) is 10.1 Å². The average molecular weight is 201 g/mol. The molecule has 0 bridgehead atoms. The second kappa shape index (κ2) is 4.73. The Morgan fingerprint density at radius 2 is 2.15 bits per heavy atom. The van der Waals surface area contributed by atoms with Crippen LogP contribution in [-0.2, 0) is 0 Å². The van der Waals surface area contributed by atoms with E-state index in [1.807, 2.05) is 0 Å². The lowest BCUT2D eigenvalue weighted by atomic mass is 10.6. The summed E-state index contributed by atoms with van der Waals surface area (Å²) in [6.45, 7) is 0.0328. The summed E-state index contributed by atoms with van der Waals surface area (Å²) in [6.07, 6.45) is 2.29. The Morgan fingerprint density at radius 1 is 1.54 bits per heavy atom.